The Morgan fingerprint density at radius 3 is 3.12 bits per heavy atom. The van der Waals surface area contributed by atoms with Gasteiger partial charge in [0.25, 0.3) is 0 Å². The second kappa shape index (κ2) is 5.12. The van der Waals surface area contributed by atoms with Gasteiger partial charge in [-0.3, -0.25) is 0 Å². The second-order valence-corrected chi connectivity index (χ2v) is 3.96. The number of hydrogen-bond acceptors (Lipinski definition) is 5. The van der Waals surface area contributed by atoms with Crippen molar-refractivity contribution in [2.24, 2.45) is 0 Å². The molecule has 0 radical (unpaired) electrons. The molecule has 1 aromatic heterocycles. The first-order valence-corrected chi connectivity index (χ1v) is 5.61. The van der Waals surface area contributed by atoms with Gasteiger partial charge in [0.2, 0.25) is 0 Å². The van der Waals surface area contributed by atoms with Crippen LogP contribution in [-0.4, -0.2) is 43.3 Å². The summed E-state index contributed by atoms with van der Waals surface area (Å²) in [5.41, 5.74) is 0. The summed E-state index contributed by atoms with van der Waals surface area (Å²) in [5.74, 6) is 1.82. The Labute approximate surface area is 95.8 Å². The lowest BCUT2D eigenvalue weighted by Crippen LogP contribution is -2.39. The van der Waals surface area contributed by atoms with Gasteiger partial charge in [0, 0.05) is 33.3 Å². The van der Waals surface area contributed by atoms with E-state index in [0.717, 1.165) is 37.6 Å². The highest BCUT2D eigenvalue weighted by atomic mass is 16.5. The Morgan fingerprint density at radius 1 is 1.50 bits per heavy atom. The molecule has 1 fully saturated rings. The molecule has 0 aliphatic carbocycles. The highest BCUT2D eigenvalue weighted by Gasteiger charge is 2.20. The van der Waals surface area contributed by atoms with E-state index in [4.69, 9.17) is 4.74 Å². The zero-order valence-electron chi connectivity index (χ0n) is 9.81. The van der Waals surface area contributed by atoms with Gasteiger partial charge in [-0.25, -0.2) is 9.97 Å². The van der Waals surface area contributed by atoms with Gasteiger partial charge in [-0.05, 0) is 12.8 Å². The zero-order chi connectivity index (χ0) is 11.4. The average Bonchev–Trinajstić information content (AvgIpc) is 2.39. The van der Waals surface area contributed by atoms with Gasteiger partial charge in [0.1, 0.15) is 18.0 Å². The molecular weight excluding hydrogens is 204 g/mol. The minimum atomic E-state index is 0.321. The number of nitrogens with one attached hydrogen (secondary N) is 1. The Kier molecular flexibility index (Phi) is 3.56. The highest BCUT2D eigenvalue weighted by Crippen LogP contribution is 2.20. The Morgan fingerprint density at radius 2 is 2.38 bits per heavy atom. The molecule has 1 unspecified atom stereocenters. The van der Waals surface area contributed by atoms with Crippen LogP contribution in [0.5, 0.6) is 0 Å². The van der Waals surface area contributed by atoms with Gasteiger partial charge in [0.15, 0.2) is 0 Å². The smallest absolute Gasteiger partial charge is 0.134 e. The minimum Gasteiger partial charge on any atom is -0.380 e. The average molecular weight is 222 g/mol. The number of piperidine rings is 1. The molecule has 0 spiro atoms. The van der Waals surface area contributed by atoms with Gasteiger partial charge < -0.3 is 15.0 Å². The van der Waals surface area contributed by atoms with Crippen LogP contribution in [0, 0.1) is 0 Å². The molecule has 0 bridgehead atoms. The van der Waals surface area contributed by atoms with E-state index in [2.05, 4.69) is 20.2 Å². The summed E-state index contributed by atoms with van der Waals surface area (Å²) in [5, 5.41) is 3.02. The first kappa shape index (κ1) is 11.1. The number of anilines is 2. The van der Waals surface area contributed by atoms with E-state index in [1.54, 1.807) is 13.4 Å². The third-order valence-electron chi connectivity index (χ3n) is 2.94. The third kappa shape index (κ3) is 2.41. The van der Waals surface area contributed by atoms with Crippen molar-refractivity contribution in [1.29, 1.82) is 0 Å². The zero-order valence-corrected chi connectivity index (χ0v) is 9.81. The van der Waals surface area contributed by atoms with Gasteiger partial charge in [-0.2, -0.15) is 0 Å². The Hall–Kier alpha value is -1.36. The van der Waals surface area contributed by atoms with E-state index in [9.17, 15) is 0 Å². The number of methoxy groups -OCH3 is 1. The minimum absolute atomic E-state index is 0.321. The van der Waals surface area contributed by atoms with Crippen LogP contribution in [-0.2, 0) is 4.74 Å². The maximum Gasteiger partial charge on any atom is 0.134 e. The van der Waals surface area contributed by atoms with Crippen LogP contribution in [0.3, 0.4) is 0 Å². The predicted octanol–water partition coefficient (Wildman–Crippen LogP) is 1.13. The van der Waals surface area contributed by atoms with Gasteiger partial charge >= 0.3 is 0 Å². The van der Waals surface area contributed by atoms with Crippen molar-refractivity contribution in [2.75, 3.05) is 37.5 Å². The maximum absolute atomic E-state index is 5.40. The van der Waals surface area contributed by atoms with Crippen LogP contribution in [0.2, 0.25) is 0 Å². The van der Waals surface area contributed by atoms with Gasteiger partial charge in [-0.1, -0.05) is 0 Å². The molecule has 5 nitrogen and oxygen atoms in total. The van der Waals surface area contributed by atoms with Gasteiger partial charge in [0.05, 0.1) is 6.10 Å². The molecule has 2 heterocycles. The van der Waals surface area contributed by atoms with Crippen molar-refractivity contribution >= 4 is 11.6 Å². The topological polar surface area (TPSA) is 50.3 Å². The molecule has 5 heteroatoms. The molecule has 1 aromatic rings. The van der Waals surface area contributed by atoms with Crippen molar-refractivity contribution in [1.82, 2.24) is 9.97 Å². The summed E-state index contributed by atoms with van der Waals surface area (Å²) in [4.78, 5) is 10.7. The van der Waals surface area contributed by atoms with Crippen molar-refractivity contribution in [2.45, 2.75) is 18.9 Å². The number of rotatable bonds is 3. The molecular formula is C11H18N4O. The second-order valence-electron chi connectivity index (χ2n) is 3.96. The largest absolute Gasteiger partial charge is 0.380 e. The molecule has 1 saturated heterocycles. The molecule has 0 aromatic carbocycles. The van der Waals surface area contributed by atoms with Crippen molar-refractivity contribution in [3.05, 3.63) is 12.4 Å². The van der Waals surface area contributed by atoms with Crippen molar-refractivity contribution < 1.29 is 4.74 Å². The molecule has 0 amide bonds. The molecule has 1 atom stereocenters. The molecule has 16 heavy (non-hydrogen) atoms. The fraction of sp³-hybridized carbons (Fsp3) is 0.636. The van der Waals surface area contributed by atoms with Crippen LogP contribution in [0.1, 0.15) is 12.8 Å². The van der Waals surface area contributed by atoms with E-state index < -0.39 is 0 Å². The SMILES string of the molecule is CNc1cc(N2CCCC(OC)C2)ncn1. The van der Waals surface area contributed by atoms with E-state index in [1.807, 2.05) is 13.1 Å². The van der Waals surface area contributed by atoms with E-state index in [1.165, 1.54) is 0 Å². The molecule has 1 aliphatic rings. The number of aromatic nitrogens is 2. The summed E-state index contributed by atoms with van der Waals surface area (Å²) in [6, 6.07) is 1.97. The van der Waals surface area contributed by atoms with Crippen molar-refractivity contribution in [3.8, 4) is 0 Å². The summed E-state index contributed by atoms with van der Waals surface area (Å²) in [6.45, 7) is 1.96. The van der Waals surface area contributed by atoms with Crippen LogP contribution < -0.4 is 10.2 Å². The van der Waals surface area contributed by atoms with Crippen LogP contribution in [0.15, 0.2) is 12.4 Å². The maximum atomic E-state index is 5.40. The number of hydrogen-bond donors (Lipinski definition) is 1. The molecule has 0 saturated carbocycles. The highest BCUT2D eigenvalue weighted by molar-refractivity contribution is 5.48. The summed E-state index contributed by atoms with van der Waals surface area (Å²) >= 11 is 0. The monoisotopic (exact) mass is 222 g/mol. The molecule has 1 aliphatic heterocycles. The third-order valence-corrected chi connectivity index (χ3v) is 2.94. The van der Waals surface area contributed by atoms with E-state index in [-0.39, 0.29) is 0 Å². The first-order valence-electron chi connectivity index (χ1n) is 5.61. The molecule has 1 N–H and O–H groups in total. The summed E-state index contributed by atoms with van der Waals surface area (Å²) in [6.07, 6.45) is 4.20. The lowest BCUT2D eigenvalue weighted by molar-refractivity contribution is 0.0891. The van der Waals surface area contributed by atoms with Crippen molar-refractivity contribution in [3.63, 3.8) is 0 Å². The summed E-state index contributed by atoms with van der Waals surface area (Å²) < 4.78 is 5.40. The first-order chi connectivity index (χ1) is 7.83. The Bertz CT molecular complexity index is 345. The fourth-order valence-electron chi connectivity index (χ4n) is 2.00. The van der Waals surface area contributed by atoms with Crippen LogP contribution >= 0.6 is 0 Å². The van der Waals surface area contributed by atoms with E-state index in [0.29, 0.717) is 6.10 Å². The predicted molar refractivity (Wildman–Crippen MR) is 63.8 cm³/mol. The molecule has 2 rings (SSSR count). The lowest BCUT2D eigenvalue weighted by Gasteiger charge is -2.32. The number of ether oxygens (including phenoxy) is 1. The molecule has 88 valence electrons. The van der Waals surface area contributed by atoms with Crippen LogP contribution in [0.25, 0.3) is 0 Å². The summed E-state index contributed by atoms with van der Waals surface area (Å²) in [7, 11) is 3.63. The lowest BCUT2D eigenvalue weighted by atomic mass is 10.1. The quantitative estimate of drug-likeness (QED) is 0.831. The standard InChI is InChI=1S/C11H18N4O/c1-12-10-6-11(14-8-13-10)15-5-3-4-9(7-15)16-2/h6,8-9H,3-5,7H2,1-2H3,(H,12,13,14). The number of nitrogens with zero attached hydrogens (tertiary/aromatic N) is 3. The van der Waals surface area contributed by atoms with Crippen LogP contribution in [0.4, 0.5) is 11.6 Å². The van der Waals surface area contributed by atoms with E-state index >= 15 is 0 Å². The Balaban J connectivity index is 2.10. The fourth-order valence-corrected chi connectivity index (χ4v) is 2.00. The normalized spacial score (nSPS) is 20.9. The van der Waals surface area contributed by atoms with Gasteiger partial charge in [-0.15, -0.1) is 0 Å².